The van der Waals surface area contributed by atoms with Gasteiger partial charge in [0.15, 0.2) is 0 Å². The minimum atomic E-state index is 0.344. The van der Waals surface area contributed by atoms with Crippen LogP contribution in [0, 0.1) is 23.2 Å². The van der Waals surface area contributed by atoms with Gasteiger partial charge in [-0.15, -0.1) is 11.6 Å². The molecule has 3 fully saturated rings. The van der Waals surface area contributed by atoms with Gasteiger partial charge in [-0.25, -0.2) is 0 Å². The summed E-state index contributed by atoms with van der Waals surface area (Å²) in [6.07, 6.45) is 8.55. The van der Waals surface area contributed by atoms with Gasteiger partial charge in [0.2, 0.25) is 0 Å². The Balaban J connectivity index is 1.64. The molecular weight excluding hydrogens is 208 g/mol. The summed E-state index contributed by atoms with van der Waals surface area (Å²) in [5.74, 6) is 3.88. The smallest absolute Gasteiger partial charge is 0.0534 e. The van der Waals surface area contributed by atoms with Crippen LogP contribution >= 0.6 is 11.6 Å². The molecule has 4 atom stereocenters. The maximum Gasteiger partial charge on any atom is 0.0534 e. The third-order valence-electron chi connectivity index (χ3n) is 5.05. The summed E-state index contributed by atoms with van der Waals surface area (Å²) in [5, 5.41) is 0. The summed E-state index contributed by atoms with van der Waals surface area (Å²) in [4.78, 5) is 0. The molecule has 0 aromatic carbocycles. The summed E-state index contributed by atoms with van der Waals surface area (Å²) in [5.41, 5.74) is 0.344. The van der Waals surface area contributed by atoms with E-state index in [-0.39, 0.29) is 0 Å². The van der Waals surface area contributed by atoms with E-state index in [4.69, 9.17) is 16.3 Å². The minimum absolute atomic E-state index is 0.344. The Bertz CT molecular complexity index is 235. The molecule has 0 N–H and O–H groups in total. The zero-order chi connectivity index (χ0) is 10.3. The Morgan fingerprint density at radius 2 is 2.20 bits per heavy atom. The highest BCUT2D eigenvalue weighted by Crippen LogP contribution is 2.53. The van der Waals surface area contributed by atoms with Gasteiger partial charge in [0.25, 0.3) is 0 Å². The number of alkyl halides is 1. The second-order valence-corrected chi connectivity index (χ2v) is 6.34. The van der Waals surface area contributed by atoms with Gasteiger partial charge in [0.1, 0.15) is 0 Å². The Kier molecular flexibility index (Phi) is 2.72. The number of halogens is 1. The molecule has 2 bridgehead atoms. The van der Waals surface area contributed by atoms with E-state index < -0.39 is 0 Å². The molecule has 1 nitrogen and oxygen atoms in total. The lowest BCUT2D eigenvalue weighted by molar-refractivity contribution is 0.133. The van der Waals surface area contributed by atoms with Crippen molar-refractivity contribution < 1.29 is 4.74 Å². The summed E-state index contributed by atoms with van der Waals surface area (Å²) >= 11 is 6.17. The maximum atomic E-state index is 6.17. The van der Waals surface area contributed by atoms with Crippen LogP contribution in [-0.2, 0) is 4.74 Å². The van der Waals surface area contributed by atoms with Gasteiger partial charge in [0, 0.05) is 17.9 Å². The molecule has 0 aromatic heterocycles. The number of fused-ring (bicyclic) bond motifs is 2. The van der Waals surface area contributed by atoms with Crippen LogP contribution in [0.1, 0.15) is 38.5 Å². The van der Waals surface area contributed by atoms with Crippen molar-refractivity contribution in [3.05, 3.63) is 0 Å². The second-order valence-electron chi connectivity index (χ2n) is 6.08. The zero-order valence-corrected chi connectivity index (χ0v) is 10.1. The first kappa shape index (κ1) is 10.4. The van der Waals surface area contributed by atoms with Crippen molar-refractivity contribution in [2.24, 2.45) is 23.2 Å². The van der Waals surface area contributed by atoms with E-state index in [2.05, 4.69) is 0 Å². The monoisotopic (exact) mass is 228 g/mol. The molecule has 3 rings (SSSR count). The molecule has 1 heterocycles. The Morgan fingerprint density at radius 3 is 2.73 bits per heavy atom. The van der Waals surface area contributed by atoms with Crippen LogP contribution < -0.4 is 0 Å². The van der Waals surface area contributed by atoms with Crippen molar-refractivity contribution in [2.45, 2.75) is 38.5 Å². The molecule has 2 aliphatic carbocycles. The van der Waals surface area contributed by atoms with Gasteiger partial charge in [-0.05, 0) is 49.9 Å². The van der Waals surface area contributed by atoms with Crippen LogP contribution in [-0.4, -0.2) is 19.1 Å². The van der Waals surface area contributed by atoms with Gasteiger partial charge in [-0.2, -0.15) is 0 Å². The van der Waals surface area contributed by atoms with Gasteiger partial charge < -0.3 is 4.74 Å². The van der Waals surface area contributed by atoms with Crippen molar-refractivity contribution in [2.75, 3.05) is 19.1 Å². The zero-order valence-electron chi connectivity index (χ0n) is 9.38. The van der Waals surface area contributed by atoms with E-state index >= 15 is 0 Å². The molecule has 1 saturated heterocycles. The average molecular weight is 229 g/mol. The summed E-state index contributed by atoms with van der Waals surface area (Å²) in [6.45, 7) is 1.86. The van der Waals surface area contributed by atoms with Crippen molar-refractivity contribution in [3.8, 4) is 0 Å². The van der Waals surface area contributed by atoms with Crippen LogP contribution in [0.3, 0.4) is 0 Å². The molecule has 0 aromatic rings. The van der Waals surface area contributed by atoms with Crippen LogP contribution in [0.5, 0.6) is 0 Å². The molecular formula is C13H21ClO. The molecule has 15 heavy (non-hydrogen) atoms. The third-order valence-corrected chi connectivity index (χ3v) is 5.62. The molecule has 1 aliphatic heterocycles. The quantitative estimate of drug-likeness (QED) is 0.673. The largest absolute Gasteiger partial charge is 0.381 e. The standard InChI is InChI=1S/C13H21ClO/c14-8-13(3-4-15-9-13)7-12-6-10-1-2-11(12)5-10/h10-12H,1-9H2. The first-order valence-electron chi connectivity index (χ1n) is 6.45. The number of ether oxygens (including phenoxy) is 1. The minimum Gasteiger partial charge on any atom is -0.381 e. The van der Waals surface area contributed by atoms with Gasteiger partial charge >= 0.3 is 0 Å². The third kappa shape index (κ3) is 1.82. The van der Waals surface area contributed by atoms with E-state index in [0.717, 1.165) is 36.8 Å². The van der Waals surface area contributed by atoms with Gasteiger partial charge in [-0.1, -0.05) is 6.42 Å². The highest BCUT2D eigenvalue weighted by atomic mass is 35.5. The number of rotatable bonds is 3. The molecule has 2 saturated carbocycles. The fourth-order valence-electron chi connectivity index (χ4n) is 4.15. The lowest BCUT2D eigenvalue weighted by Crippen LogP contribution is -2.28. The lowest BCUT2D eigenvalue weighted by Gasteiger charge is -2.32. The topological polar surface area (TPSA) is 9.23 Å². The van der Waals surface area contributed by atoms with Crippen LogP contribution in [0.25, 0.3) is 0 Å². The lowest BCUT2D eigenvalue weighted by atomic mass is 9.74. The molecule has 0 amide bonds. The molecule has 86 valence electrons. The van der Waals surface area contributed by atoms with Crippen LogP contribution in [0.4, 0.5) is 0 Å². The Morgan fingerprint density at radius 1 is 1.27 bits per heavy atom. The highest BCUT2D eigenvalue weighted by molar-refractivity contribution is 6.18. The van der Waals surface area contributed by atoms with Gasteiger partial charge in [-0.3, -0.25) is 0 Å². The second kappa shape index (κ2) is 3.92. The summed E-state index contributed by atoms with van der Waals surface area (Å²) in [6, 6.07) is 0. The summed E-state index contributed by atoms with van der Waals surface area (Å²) in [7, 11) is 0. The Labute approximate surface area is 97.5 Å². The van der Waals surface area contributed by atoms with E-state index in [1.54, 1.807) is 0 Å². The van der Waals surface area contributed by atoms with E-state index in [1.165, 1.54) is 38.5 Å². The fraction of sp³-hybridized carbons (Fsp3) is 1.00. The maximum absolute atomic E-state index is 6.17. The highest BCUT2D eigenvalue weighted by Gasteiger charge is 2.44. The molecule has 4 unspecified atom stereocenters. The average Bonchev–Trinajstić information content (AvgIpc) is 2.93. The predicted octanol–water partition coefficient (Wildman–Crippen LogP) is 3.46. The Hall–Kier alpha value is 0.250. The van der Waals surface area contributed by atoms with Crippen molar-refractivity contribution in [1.29, 1.82) is 0 Å². The number of hydrogen-bond acceptors (Lipinski definition) is 1. The normalized spacial score (nSPS) is 49.0. The predicted molar refractivity (Wildman–Crippen MR) is 62.1 cm³/mol. The SMILES string of the molecule is ClCC1(CC2CC3CCC2C3)CCOC1. The van der Waals surface area contributed by atoms with Crippen molar-refractivity contribution in [3.63, 3.8) is 0 Å². The fourth-order valence-corrected chi connectivity index (χ4v) is 4.47. The summed E-state index contributed by atoms with van der Waals surface area (Å²) < 4.78 is 5.56. The van der Waals surface area contributed by atoms with E-state index in [9.17, 15) is 0 Å². The molecule has 0 radical (unpaired) electrons. The van der Waals surface area contributed by atoms with Gasteiger partial charge in [0.05, 0.1) is 6.61 Å². The van der Waals surface area contributed by atoms with Crippen molar-refractivity contribution >= 4 is 11.6 Å². The van der Waals surface area contributed by atoms with Crippen LogP contribution in [0.15, 0.2) is 0 Å². The van der Waals surface area contributed by atoms with E-state index in [1.807, 2.05) is 0 Å². The molecule has 2 heteroatoms. The molecule has 0 spiro atoms. The van der Waals surface area contributed by atoms with Crippen LogP contribution in [0.2, 0.25) is 0 Å². The van der Waals surface area contributed by atoms with Crippen molar-refractivity contribution in [1.82, 2.24) is 0 Å². The first-order chi connectivity index (χ1) is 7.31. The first-order valence-corrected chi connectivity index (χ1v) is 6.98. The number of hydrogen-bond donors (Lipinski definition) is 0. The molecule has 3 aliphatic rings. The van der Waals surface area contributed by atoms with E-state index in [0.29, 0.717) is 5.41 Å².